The van der Waals surface area contributed by atoms with Crippen LogP contribution in [0.1, 0.15) is 23.0 Å². The summed E-state index contributed by atoms with van der Waals surface area (Å²) >= 11 is 0. The average molecular weight is 243 g/mol. The number of ketones is 1. The molecule has 1 aromatic rings. The van der Waals surface area contributed by atoms with Crippen molar-refractivity contribution in [1.29, 1.82) is 0 Å². The Morgan fingerprint density at radius 2 is 1.82 bits per heavy atom. The van der Waals surface area contributed by atoms with Crippen LogP contribution in [0.5, 0.6) is 0 Å². The highest BCUT2D eigenvalue weighted by atomic mass is 19.4. The number of alkyl halides is 3. The summed E-state index contributed by atoms with van der Waals surface area (Å²) in [5, 5.41) is 0. The molecule has 17 heavy (non-hydrogen) atoms. The van der Waals surface area contributed by atoms with Crippen LogP contribution < -0.4 is 0 Å². The Hall–Kier alpha value is -1.91. The van der Waals surface area contributed by atoms with E-state index in [1.54, 1.807) is 12.2 Å². The normalized spacial score (nSPS) is 9.88. The molecule has 0 radical (unpaired) electrons. The molecule has 0 atom stereocenters. The van der Waals surface area contributed by atoms with Gasteiger partial charge < -0.3 is 0 Å². The summed E-state index contributed by atoms with van der Waals surface area (Å²) < 4.78 is 35.9. The molecule has 0 amide bonds. The molecule has 0 saturated heterocycles. The molecule has 92 valence electrons. The highest BCUT2D eigenvalue weighted by Crippen LogP contribution is 2.27. The minimum absolute atomic E-state index is 0.174. The molecule has 1 rings (SSSR count). The van der Waals surface area contributed by atoms with Gasteiger partial charge in [0, 0.05) is 11.8 Å². The lowest BCUT2D eigenvalue weighted by atomic mass is 10.2. The predicted molar refractivity (Wildman–Crippen MR) is 59.6 cm³/mol. The third-order valence-electron chi connectivity index (χ3n) is 1.63. The van der Waals surface area contributed by atoms with Crippen LogP contribution in [-0.2, 0) is 6.18 Å². The topological polar surface area (TPSA) is 30.0 Å². The van der Waals surface area contributed by atoms with Crippen molar-refractivity contribution in [3.8, 4) is 0 Å². The summed E-state index contributed by atoms with van der Waals surface area (Å²) in [7, 11) is 0. The second-order valence-electron chi connectivity index (χ2n) is 2.96. The zero-order chi connectivity index (χ0) is 13.5. The van der Waals surface area contributed by atoms with Crippen LogP contribution in [0.2, 0.25) is 0 Å². The number of carbonyl (C=O) groups is 1. The van der Waals surface area contributed by atoms with Crippen molar-refractivity contribution in [3.05, 3.63) is 54.9 Å². The fourth-order valence-corrected chi connectivity index (χ4v) is 0.770. The largest absolute Gasteiger partial charge is 0.433 e. The van der Waals surface area contributed by atoms with Crippen molar-refractivity contribution in [3.63, 3.8) is 0 Å². The van der Waals surface area contributed by atoms with E-state index in [4.69, 9.17) is 0 Å². The van der Waals surface area contributed by atoms with E-state index >= 15 is 0 Å². The molecule has 0 saturated carbocycles. The van der Waals surface area contributed by atoms with E-state index in [-0.39, 0.29) is 11.3 Å². The van der Waals surface area contributed by atoms with Gasteiger partial charge in [0.2, 0.25) is 0 Å². The van der Waals surface area contributed by atoms with Gasteiger partial charge >= 0.3 is 6.18 Å². The molecule has 0 aliphatic carbocycles. The average Bonchev–Trinajstić information content (AvgIpc) is 2.28. The fourth-order valence-electron chi connectivity index (χ4n) is 0.770. The van der Waals surface area contributed by atoms with Gasteiger partial charge in [0.05, 0.1) is 0 Å². The lowest BCUT2D eigenvalue weighted by Crippen LogP contribution is -2.08. The summed E-state index contributed by atoms with van der Waals surface area (Å²) in [4.78, 5) is 13.8. The maximum Gasteiger partial charge on any atom is 0.433 e. The first-order valence-corrected chi connectivity index (χ1v) is 4.60. The van der Waals surface area contributed by atoms with Crippen LogP contribution in [0.25, 0.3) is 0 Å². The van der Waals surface area contributed by atoms with Crippen LogP contribution >= 0.6 is 0 Å². The number of allylic oxidation sites excluding steroid dienone is 2. The zero-order valence-corrected chi connectivity index (χ0v) is 9.29. The van der Waals surface area contributed by atoms with Crippen molar-refractivity contribution in [1.82, 2.24) is 4.98 Å². The van der Waals surface area contributed by atoms with Crippen LogP contribution in [-0.4, -0.2) is 10.8 Å². The van der Waals surface area contributed by atoms with Gasteiger partial charge in [-0.2, -0.15) is 13.2 Å². The van der Waals surface area contributed by atoms with E-state index in [1.165, 1.54) is 6.92 Å². The third kappa shape index (κ3) is 5.65. The standard InChI is InChI=1S/C8H6F3NO.C4H6/c1-5(13)6-2-3-7(12-4-6)8(9,10)11;1-3-4-2/h2-4H,1H3;3-4H,1-2H2. The Balaban J connectivity index is 0.000000557. The first-order chi connectivity index (χ1) is 7.82. The van der Waals surface area contributed by atoms with E-state index in [0.29, 0.717) is 0 Å². The Morgan fingerprint density at radius 1 is 1.29 bits per heavy atom. The van der Waals surface area contributed by atoms with E-state index in [1.807, 2.05) is 0 Å². The number of nitrogens with zero attached hydrogens (tertiary/aromatic N) is 1. The number of pyridine rings is 1. The van der Waals surface area contributed by atoms with Gasteiger partial charge in [0.15, 0.2) is 5.78 Å². The minimum Gasteiger partial charge on any atom is -0.294 e. The van der Waals surface area contributed by atoms with Gasteiger partial charge in [-0.25, -0.2) is 0 Å². The maximum absolute atomic E-state index is 12.0. The molecule has 0 N–H and O–H groups in total. The second kappa shape index (κ2) is 6.62. The quantitative estimate of drug-likeness (QED) is 0.586. The lowest BCUT2D eigenvalue weighted by Gasteiger charge is -2.04. The Morgan fingerprint density at radius 3 is 2.06 bits per heavy atom. The molecule has 0 bridgehead atoms. The van der Waals surface area contributed by atoms with Gasteiger partial charge in [0.1, 0.15) is 5.69 Å². The molecule has 1 aromatic heterocycles. The molecular formula is C12H12F3NO. The first-order valence-electron chi connectivity index (χ1n) is 4.60. The zero-order valence-electron chi connectivity index (χ0n) is 9.29. The van der Waals surface area contributed by atoms with Gasteiger partial charge in [0.25, 0.3) is 0 Å². The van der Waals surface area contributed by atoms with Crippen LogP contribution in [0.3, 0.4) is 0 Å². The Kier molecular flexibility index (Phi) is 5.88. The van der Waals surface area contributed by atoms with Gasteiger partial charge in [-0.05, 0) is 19.1 Å². The molecule has 0 aliphatic rings. The molecule has 0 aliphatic heterocycles. The number of hydrogen-bond donors (Lipinski definition) is 0. The summed E-state index contributed by atoms with van der Waals surface area (Å²) in [6, 6.07) is 1.90. The summed E-state index contributed by atoms with van der Waals surface area (Å²) in [6.45, 7) is 7.99. The molecule has 0 spiro atoms. The van der Waals surface area contributed by atoms with Crippen molar-refractivity contribution in [2.45, 2.75) is 13.1 Å². The fraction of sp³-hybridized carbons (Fsp3) is 0.167. The van der Waals surface area contributed by atoms with Gasteiger partial charge in [-0.1, -0.05) is 25.3 Å². The number of rotatable bonds is 2. The van der Waals surface area contributed by atoms with Crippen LogP contribution in [0.4, 0.5) is 13.2 Å². The second-order valence-corrected chi connectivity index (χ2v) is 2.96. The summed E-state index contributed by atoms with van der Waals surface area (Å²) in [5.74, 6) is -0.304. The van der Waals surface area contributed by atoms with Gasteiger partial charge in [-0.3, -0.25) is 9.78 Å². The summed E-state index contributed by atoms with van der Waals surface area (Å²) in [6.07, 6.45) is -0.250. The Labute approximate surface area is 97.5 Å². The third-order valence-corrected chi connectivity index (χ3v) is 1.63. The molecule has 2 nitrogen and oxygen atoms in total. The monoisotopic (exact) mass is 243 g/mol. The predicted octanol–water partition coefficient (Wildman–Crippen LogP) is 3.66. The first kappa shape index (κ1) is 15.1. The van der Waals surface area contributed by atoms with Gasteiger partial charge in [-0.15, -0.1) is 0 Å². The highest BCUT2D eigenvalue weighted by Gasteiger charge is 2.32. The van der Waals surface area contributed by atoms with E-state index in [0.717, 1.165) is 18.3 Å². The number of carbonyl (C=O) groups excluding carboxylic acids is 1. The van der Waals surface area contributed by atoms with E-state index in [9.17, 15) is 18.0 Å². The minimum atomic E-state index is -4.45. The molecule has 1 heterocycles. The van der Waals surface area contributed by atoms with Crippen LogP contribution in [0.15, 0.2) is 43.6 Å². The summed E-state index contributed by atoms with van der Waals surface area (Å²) in [5.41, 5.74) is -0.814. The molecular weight excluding hydrogens is 231 g/mol. The Bertz CT molecular complexity index is 387. The molecule has 0 fully saturated rings. The maximum atomic E-state index is 12.0. The van der Waals surface area contributed by atoms with Crippen molar-refractivity contribution in [2.75, 3.05) is 0 Å². The lowest BCUT2D eigenvalue weighted by molar-refractivity contribution is -0.141. The molecule has 0 aromatic carbocycles. The molecule has 5 heteroatoms. The highest BCUT2D eigenvalue weighted by molar-refractivity contribution is 5.93. The van der Waals surface area contributed by atoms with E-state index < -0.39 is 11.9 Å². The van der Waals surface area contributed by atoms with E-state index in [2.05, 4.69) is 18.1 Å². The van der Waals surface area contributed by atoms with Crippen molar-refractivity contribution >= 4 is 5.78 Å². The smallest absolute Gasteiger partial charge is 0.294 e. The van der Waals surface area contributed by atoms with Crippen molar-refractivity contribution in [2.24, 2.45) is 0 Å². The van der Waals surface area contributed by atoms with Crippen LogP contribution in [0, 0.1) is 0 Å². The number of halogens is 3. The number of Topliss-reactive ketones (excluding diaryl/α,β-unsaturated/α-hetero) is 1. The number of aromatic nitrogens is 1. The number of hydrogen-bond acceptors (Lipinski definition) is 2. The SMILES string of the molecule is C=CC=C.CC(=O)c1ccc(C(F)(F)F)nc1. The van der Waals surface area contributed by atoms with Crippen molar-refractivity contribution < 1.29 is 18.0 Å². The molecule has 0 unspecified atom stereocenters.